The van der Waals surface area contributed by atoms with Gasteiger partial charge < -0.3 is 9.47 Å². The van der Waals surface area contributed by atoms with Crippen molar-refractivity contribution in [3.63, 3.8) is 0 Å². The van der Waals surface area contributed by atoms with E-state index in [1.807, 2.05) is 0 Å². The van der Waals surface area contributed by atoms with Crippen molar-refractivity contribution in [3.8, 4) is 0 Å². The largest absolute Gasteiger partial charge is 0.479 e. The van der Waals surface area contributed by atoms with Gasteiger partial charge >= 0.3 is 0 Å². The molecule has 17 heavy (non-hydrogen) atoms. The van der Waals surface area contributed by atoms with Crippen molar-refractivity contribution in [2.24, 2.45) is 10.9 Å². The van der Waals surface area contributed by atoms with Crippen molar-refractivity contribution >= 4 is 5.90 Å². The van der Waals surface area contributed by atoms with Crippen LogP contribution in [0.25, 0.3) is 0 Å². The third-order valence-electron chi connectivity index (χ3n) is 3.24. The molecule has 0 aromatic rings. The zero-order chi connectivity index (χ0) is 12.5. The molecule has 1 aliphatic heterocycles. The Kier molecular flexibility index (Phi) is 7.25. The average molecular weight is 241 g/mol. The van der Waals surface area contributed by atoms with Gasteiger partial charge in [0.15, 0.2) is 5.90 Å². The maximum Gasteiger partial charge on any atom is 0.183 e. The summed E-state index contributed by atoms with van der Waals surface area (Å²) in [6.45, 7) is 6.10. The molecule has 1 aliphatic rings. The third-order valence-corrected chi connectivity index (χ3v) is 3.24. The van der Waals surface area contributed by atoms with Gasteiger partial charge in [-0.2, -0.15) is 0 Å². The lowest BCUT2D eigenvalue weighted by molar-refractivity contribution is 0.192. The minimum atomic E-state index is 0.395. The van der Waals surface area contributed by atoms with E-state index in [1.165, 1.54) is 32.1 Å². The molecule has 0 saturated heterocycles. The van der Waals surface area contributed by atoms with Gasteiger partial charge in [-0.05, 0) is 18.8 Å². The molecular formula is C14H27NO2. The van der Waals surface area contributed by atoms with E-state index >= 15 is 0 Å². The van der Waals surface area contributed by atoms with E-state index in [1.54, 1.807) is 7.11 Å². The van der Waals surface area contributed by atoms with Gasteiger partial charge in [-0.25, -0.2) is 4.99 Å². The lowest BCUT2D eigenvalue weighted by Crippen LogP contribution is -2.13. The summed E-state index contributed by atoms with van der Waals surface area (Å²) in [5, 5.41) is 0. The minimum absolute atomic E-state index is 0.395. The van der Waals surface area contributed by atoms with E-state index in [2.05, 4.69) is 18.8 Å². The molecule has 0 aromatic carbocycles. The molecule has 1 rings (SSSR count). The van der Waals surface area contributed by atoms with Crippen LogP contribution in [-0.4, -0.2) is 32.3 Å². The molecule has 1 heterocycles. The van der Waals surface area contributed by atoms with Gasteiger partial charge in [0.25, 0.3) is 0 Å². The molecule has 0 aromatic heterocycles. The van der Waals surface area contributed by atoms with Crippen LogP contribution in [0.15, 0.2) is 4.99 Å². The first-order valence-electron chi connectivity index (χ1n) is 6.92. The first-order valence-corrected chi connectivity index (χ1v) is 6.92. The summed E-state index contributed by atoms with van der Waals surface area (Å²) in [5.41, 5.74) is 0. The van der Waals surface area contributed by atoms with Crippen LogP contribution in [0.3, 0.4) is 0 Å². The summed E-state index contributed by atoms with van der Waals surface area (Å²) < 4.78 is 10.6. The number of rotatable bonds is 9. The summed E-state index contributed by atoms with van der Waals surface area (Å²) in [4.78, 5) is 4.61. The smallest absolute Gasteiger partial charge is 0.183 e. The Hall–Kier alpha value is -0.570. The maximum absolute atomic E-state index is 5.60. The molecular weight excluding hydrogens is 214 g/mol. The van der Waals surface area contributed by atoms with Crippen LogP contribution in [0.5, 0.6) is 0 Å². The SMILES string of the molecule is COCCCCCCCC1=N[C@@H](C(C)C)CO1. The van der Waals surface area contributed by atoms with E-state index in [-0.39, 0.29) is 0 Å². The Morgan fingerprint density at radius 3 is 2.59 bits per heavy atom. The fraction of sp³-hybridized carbons (Fsp3) is 0.929. The summed E-state index contributed by atoms with van der Waals surface area (Å²) in [7, 11) is 1.76. The standard InChI is InChI=1S/C14H27NO2/c1-12(2)13-11-17-14(15-13)9-7-5-4-6-8-10-16-3/h12-13H,4-11H2,1-3H3/t13-/m1/s1. The van der Waals surface area contributed by atoms with Crippen molar-refractivity contribution in [2.45, 2.75) is 58.4 Å². The van der Waals surface area contributed by atoms with Crippen LogP contribution in [0.2, 0.25) is 0 Å². The molecule has 0 spiro atoms. The van der Waals surface area contributed by atoms with Gasteiger partial charge in [-0.15, -0.1) is 0 Å². The Morgan fingerprint density at radius 1 is 1.24 bits per heavy atom. The summed E-state index contributed by atoms with van der Waals surface area (Å²) >= 11 is 0. The normalized spacial score (nSPS) is 19.5. The fourth-order valence-corrected chi connectivity index (χ4v) is 1.97. The number of nitrogens with zero attached hydrogens (tertiary/aromatic N) is 1. The Morgan fingerprint density at radius 2 is 1.94 bits per heavy atom. The van der Waals surface area contributed by atoms with Crippen molar-refractivity contribution in [1.29, 1.82) is 0 Å². The van der Waals surface area contributed by atoms with Gasteiger partial charge in [-0.1, -0.05) is 33.1 Å². The molecule has 0 amide bonds. The summed E-state index contributed by atoms with van der Waals surface area (Å²) in [6, 6.07) is 0.395. The molecule has 3 heteroatoms. The quantitative estimate of drug-likeness (QED) is 0.579. The van der Waals surface area contributed by atoms with E-state index in [4.69, 9.17) is 9.47 Å². The van der Waals surface area contributed by atoms with Crippen molar-refractivity contribution in [3.05, 3.63) is 0 Å². The molecule has 3 nitrogen and oxygen atoms in total. The number of methoxy groups -OCH3 is 1. The average Bonchev–Trinajstić information content (AvgIpc) is 2.77. The summed E-state index contributed by atoms with van der Waals surface area (Å²) in [5.74, 6) is 1.59. The number of hydrogen-bond donors (Lipinski definition) is 0. The Bertz CT molecular complexity index is 226. The number of aliphatic imine (C=N–C) groups is 1. The zero-order valence-corrected chi connectivity index (χ0v) is 11.6. The number of ether oxygens (including phenoxy) is 2. The summed E-state index contributed by atoms with van der Waals surface area (Å²) in [6.07, 6.45) is 7.26. The van der Waals surface area contributed by atoms with Crippen LogP contribution in [0.4, 0.5) is 0 Å². The van der Waals surface area contributed by atoms with Crippen LogP contribution in [0, 0.1) is 5.92 Å². The highest BCUT2D eigenvalue weighted by Gasteiger charge is 2.20. The van der Waals surface area contributed by atoms with Gasteiger partial charge in [0, 0.05) is 20.1 Å². The minimum Gasteiger partial charge on any atom is -0.479 e. The van der Waals surface area contributed by atoms with Gasteiger partial charge in [-0.3, -0.25) is 0 Å². The van der Waals surface area contributed by atoms with Crippen molar-refractivity contribution < 1.29 is 9.47 Å². The highest BCUT2D eigenvalue weighted by Crippen LogP contribution is 2.16. The second-order valence-corrected chi connectivity index (χ2v) is 5.16. The fourth-order valence-electron chi connectivity index (χ4n) is 1.97. The Labute approximate surface area is 106 Å². The van der Waals surface area contributed by atoms with Gasteiger partial charge in [0.05, 0.1) is 6.04 Å². The topological polar surface area (TPSA) is 30.8 Å². The predicted molar refractivity (Wildman–Crippen MR) is 71.6 cm³/mol. The Balaban J connectivity index is 1.98. The molecule has 1 atom stereocenters. The maximum atomic E-state index is 5.60. The lowest BCUT2D eigenvalue weighted by Gasteiger charge is -2.06. The van der Waals surface area contributed by atoms with Crippen molar-refractivity contribution in [2.75, 3.05) is 20.3 Å². The van der Waals surface area contributed by atoms with E-state index in [0.717, 1.165) is 25.5 Å². The van der Waals surface area contributed by atoms with Crippen LogP contribution in [-0.2, 0) is 9.47 Å². The molecule has 0 fully saturated rings. The zero-order valence-electron chi connectivity index (χ0n) is 11.6. The monoisotopic (exact) mass is 241 g/mol. The van der Waals surface area contributed by atoms with Gasteiger partial charge in [0.1, 0.15) is 6.61 Å². The lowest BCUT2D eigenvalue weighted by atomic mass is 10.1. The van der Waals surface area contributed by atoms with Gasteiger partial charge in [0.2, 0.25) is 0 Å². The highest BCUT2D eigenvalue weighted by molar-refractivity contribution is 5.77. The molecule has 100 valence electrons. The van der Waals surface area contributed by atoms with E-state index < -0.39 is 0 Å². The molecule has 0 radical (unpaired) electrons. The second-order valence-electron chi connectivity index (χ2n) is 5.16. The molecule has 0 unspecified atom stereocenters. The number of hydrogen-bond acceptors (Lipinski definition) is 3. The number of unbranched alkanes of at least 4 members (excludes halogenated alkanes) is 4. The van der Waals surface area contributed by atoms with Crippen LogP contribution >= 0.6 is 0 Å². The molecule has 0 saturated carbocycles. The molecule has 0 bridgehead atoms. The highest BCUT2D eigenvalue weighted by atomic mass is 16.5. The van der Waals surface area contributed by atoms with E-state index in [9.17, 15) is 0 Å². The molecule has 0 aliphatic carbocycles. The predicted octanol–water partition coefficient (Wildman–Crippen LogP) is 3.43. The van der Waals surface area contributed by atoms with Crippen LogP contribution < -0.4 is 0 Å². The second kappa shape index (κ2) is 8.51. The first-order chi connectivity index (χ1) is 8.24. The molecule has 0 N–H and O–H groups in total. The van der Waals surface area contributed by atoms with E-state index in [0.29, 0.717) is 12.0 Å². The van der Waals surface area contributed by atoms with Crippen molar-refractivity contribution in [1.82, 2.24) is 0 Å². The third kappa shape index (κ3) is 6.06. The first kappa shape index (κ1) is 14.5. The van der Waals surface area contributed by atoms with Crippen LogP contribution in [0.1, 0.15) is 52.4 Å².